The molecule has 1 amide bonds. The van der Waals surface area contributed by atoms with Gasteiger partial charge < -0.3 is 10.6 Å². The smallest absolute Gasteiger partial charge is 0.230 e. The molecule has 2 rings (SSSR count). The Labute approximate surface area is 111 Å². The molecule has 1 fully saturated rings. The molecule has 0 aromatic heterocycles. The second kappa shape index (κ2) is 5.24. The molecule has 0 unspecified atom stereocenters. The molecule has 18 heavy (non-hydrogen) atoms. The third kappa shape index (κ3) is 2.65. The van der Waals surface area contributed by atoms with Crippen LogP contribution in [0.5, 0.6) is 0 Å². The Morgan fingerprint density at radius 3 is 2.78 bits per heavy atom. The van der Waals surface area contributed by atoms with Crippen molar-refractivity contribution in [1.82, 2.24) is 5.32 Å². The highest BCUT2D eigenvalue weighted by Gasteiger charge is 2.34. The van der Waals surface area contributed by atoms with Crippen molar-refractivity contribution in [3.63, 3.8) is 0 Å². The van der Waals surface area contributed by atoms with Gasteiger partial charge in [-0.1, -0.05) is 24.6 Å². The molecule has 0 spiro atoms. The summed E-state index contributed by atoms with van der Waals surface area (Å²) in [5.74, 6) is -0.727. The molecule has 0 saturated carbocycles. The van der Waals surface area contributed by atoms with E-state index in [9.17, 15) is 9.18 Å². The van der Waals surface area contributed by atoms with Crippen molar-refractivity contribution < 1.29 is 9.18 Å². The lowest BCUT2D eigenvalue weighted by Gasteiger charge is -2.32. The van der Waals surface area contributed by atoms with Gasteiger partial charge in [-0.25, -0.2) is 4.39 Å². The standard InChI is InChI=1S/C13H16ClFN2O/c1-13(5-7-16-8-6-13)12(18)17-10-4-2-3-9(14)11(10)15/h2-4,16H,5-8H2,1H3,(H,17,18). The average molecular weight is 271 g/mol. The Hall–Kier alpha value is -1.13. The predicted octanol–water partition coefficient (Wildman–Crippen LogP) is 2.81. The SMILES string of the molecule is CC1(C(=O)Nc2cccc(Cl)c2F)CCNCC1. The number of halogens is 2. The normalized spacial score (nSPS) is 18.4. The van der Waals surface area contributed by atoms with Crippen LogP contribution in [0.4, 0.5) is 10.1 Å². The highest BCUT2D eigenvalue weighted by molar-refractivity contribution is 6.31. The molecule has 98 valence electrons. The monoisotopic (exact) mass is 270 g/mol. The van der Waals surface area contributed by atoms with Gasteiger partial charge in [-0.2, -0.15) is 0 Å². The second-order valence-electron chi connectivity index (χ2n) is 4.87. The fourth-order valence-corrected chi connectivity index (χ4v) is 2.25. The van der Waals surface area contributed by atoms with Gasteiger partial charge in [-0.3, -0.25) is 4.79 Å². The number of hydrogen-bond donors (Lipinski definition) is 2. The first-order chi connectivity index (χ1) is 8.53. The van der Waals surface area contributed by atoms with Crippen molar-refractivity contribution in [2.45, 2.75) is 19.8 Å². The first kappa shape index (κ1) is 13.3. The molecule has 1 aromatic rings. The summed E-state index contributed by atoms with van der Waals surface area (Å²) in [5, 5.41) is 5.86. The molecule has 3 nitrogen and oxygen atoms in total. The molecule has 1 aromatic carbocycles. The number of anilines is 1. The van der Waals surface area contributed by atoms with Crippen LogP contribution in [-0.2, 0) is 4.79 Å². The molecular weight excluding hydrogens is 255 g/mol. The number of nitrogens with one attached hydrogen (secondary N) is 2. The van der Waals surface area contributed by atoms with Crippen LogP contribution in [0.1, 0.15) is 19.8 Å². The summed E-state index contributed by atoms with van der Waals surface area (Å²) in [7, 11) is 0. The van der Waals surface area contributed by atoms with Gasteiger partial charge in [0.15, 0.2) is 5.82 Å². The maximum Gasteiger partial charge on any atom is 0.230 e. The maximum absolute atomic E-state index is 13.7. The summed E-state index contributed by atoms with van der Waals surface area (Å²) < 4.78 is 13.7. The molecule has 0 bridgehead atoms. The van der Waals surface area contributed by atoms with Crippen LogP contribution in [0.3, 0.4) is 0 Å². The summed E-state index contributed by atoms with van der Waals surface area (Å²) >= 11 is 5.68. The number of piperidine rings is 1. The van der Waals surface area contributed by atoms with Crippen LogP contribution >= 0.6 is 11.6 Å². The average Bonchev–Trinajstić information content (AvgIpc) is 2.36. The Morgan fingerprint density at radius 1 is 1.44 bits per heavy atom. The highest BCUT2D eigenvalue weighted by atomic mass is 35.5. The molecule has 0 atom stereocenters. The molecule has 0 aliphatic carbocycles. The molecular formula is C13H16ClFN2O. The quantitative estimate of drug-likeness (QED) is 0.868. The number of carbonyl (C=O) groups is 1. The first-order valence-corrected chi connectivity index (χ1v) is 6.37. The van der Waals surface area contributed by atoms with E-state index in [2.05, 4.69) is 10.6 Å². The summed E-state index contributed by atoms with van der Waals surface area (Å²) in [6, 6.07) is 4.59. The minimum atomic E-state index is -0.579. The van der Waals surface area contributed by atoms with E-state index in [-0.39, 0.29) is 16.6 Å². The summed E-state index contributed by atoms with van der Waals surface area (Å²) in [4.78, 5) is 12.2. The molecule has 0 radical (unpaired) electrons. The van der Waals surface area contributed by atoms with Gasteiger partial charge in [0.05, 0.1) is 10.7 Å². The van der Waals surface area contributed by atoms with Crippen LogP contribution in [0.25, 0.3) is 0 Å². The Morgan fingerprint density at radius 2 is 2.11 bits per heavy atom. The summed E-state index contributed by atoms with van der Waals surface area (Å²) in [6.45, 7) is 3.52. The molecule has 1 saturated heterocycles. The van der Waals surface area contributed by atoms with E-state index >= 15 is 0 Å². The second-order valence-corrected chi connectivity index (χ2v) is 5.27. The zero-order valence-electron chi connectivity index (χ0n) is 10.2. The van der Waals surface area contributed by atoms with E-state index in [4.69, 9.17) is 11.6 Å². The van der Waals surface area contributed by atoms with Gasteiger partial charge >= 0.3 is 0 Å². The third-order valence-corrected chi connectivity index (χ3v) is 3.75. The number of hydrogen-bond acceptors (Lipinski definition) is 2. The van der Waals surface area contributed by atoms with Crippen LogP contribution < -0.4 is 10.6 Å². The van der Waals surface area contributed by atoms with E-state index in [0.29, 0.717) is 0 Å². The maximum atomic E-state index is 13.7. The van der Waals surface area contributed by atoms with Gasteiger partial charge in [-0.15, -0.1) is 0 Å². The number of rotatable bonds is 2. The minimum absolute atomic E-state index is 0.0169. The van der Waals surface area contributed by atoms with E-state index in [1.165, 1.54) is 12.1 Å². The summed E-state index contributed by atoms with van der Waals surface area (Å²) in [5.41, 5.74) is -0.299. The van der Waals surface area contributed by atoms with Gasteiger partial charge in [0.25, 0.3) is 0 Å². The van der Waals surface area contributed by atoms with Gasteiger partial charge in [0.1, 0.15) is 0 Å². The van der Waals surface area contributed by atoms with E-state index in [0.717, 1.165) is 25.9 Å². The van der Waals surface area contributed by atoms with Crippen molar-refractivity contribution in [3.8, 4) is 0 Å². The largest absolute Gasteiger partial charge is 0.323 e. The molecule has 1 heterocycles. The van der Waals surface area contributed by atoms with Crippen LogP contribution in [0.2, 0.25) is 5.02 Å². The fraction of sp³-hybridized carbons (Fsp3) is 0.462. The van der Waals surface area contributed by atoms with E-state index in [1.807, 2.05) is 6.92 Å². The lowest BCUT2D eigenvalue weighted by Crippen LogP contribution is -2.42. The number of amides is 1. The topological polar surface area (TPSA) is 41.1 Å². The van der Waals surface area contributed by atoms with Crippen molar-refractivity contribution in [1.29, 1.82) is 0 Å². The Balaban J connectivity index is 2.13. The van der Waals surface area contributed by atoms with Gasteiger partial charge in [0, 0.05) is 5.41 Å². The lowest BCUT2D eigenvalue weighted by molar-refractivity contribution is -0.126. The van der Waals surface area contributed by atoms with Crippen LogP contribution in [-0.4, -0.2) is 19.0 Å². The van der Waals surface area contributed by atoms with Gasteiger partial charge in [0.2, 0.25) is 5.91 Å². The van der Waals surface area contributed by atoms with Crippen molar-refractivity contribution >= 4 is 23.2 Å². The predicted molar refractivity (Wildman–Crippen MR) is 70.3 cm³/mol. The number of benzene rings is 1. The Bertz CT molecular complexity index is 458. The van der Waals surface area contributed by atoms with Crippen LogP contribution in [0.15, 0.2) is 18.2 Å². The Kier molecular flexibility index (Phi) is 3.88. The fourth-order valence-electron chi connectivity index (χ4n) is 2.08. The van der Waals surface area contributed by atoms with Crippen molar-refractivity contribution in [3.05, 3.63) is 29.0 Å². The van der Waals surface area contributed by atoms with Crippen molar-refractivity contribution in [2.75, 3.05) is 18.4 Å². The number of carbonyl (C=O) groups excluding carboxylic acids is 1. The summed E-state index contributed by atoms with van der Waals surface area (Å²) in [6.07, 6.45) is 1.50. The molecule has 2 N–H and O–H groups in total. The van der Waals surface area contributed by atoms with E-state index < -0.39 is 11.2 Å². The third-order valence-electron chi connectivity index (χ3n) is 3.46. The van der Waals surface area contributed by atoms with Crippen molar-refractivity contribution in [2.24, 2.45) is 5.41 Å². The zero-order valence-corrected chi connectivity index (χ0v) is 11.0. The lowest BCUT2D eigenvalue weighted by atomic mass is 9.80. The molecule has 5 heteroatoms. The van der Waals surface area contributed by atoms with Crippen LogP contribution in [0, 0.1) is 11.2 Å². The molecule has 1 aliphatic rings. The zero-order chi connectivity index (χ0) is 13.2. The first-order valence-electron chi connectivity index (χ1n) is 5.99. The highest BCUT2D eigenvalue weighted by Crippen LogP contribution is 2.30. The minimum Gasteiger partial charge on any atom is -0.323 e. The van der Waals surface area contributed by atoms with Gasteiger partial charge in [-0.05, 0) is 38.1 Å². The molecule has 1 aliphatic heterocycles. The van der Waals surface area contributed by atoms with E-state index in [1.54, 1.807) is 6.07 Å².